The van der Waals surface area contributed by atoms with E-state index in [-0.39, 0.29) is 4.90 Å². The number of hydrogen-bond acceptors (Lipinski definition) is 5. The van der Waals surface area contributed by atoms with E-state index >= 15 is 0 Å². The topological polar surface area (TPSA) is 82.5 Å². The van der Waals surface area contributed by atoms with Gasteiger partial charge >= 0.3 is 0 Å². The summed E-state index contributed by atoms with van der Waals surface area (Å²) in [6, 6.07) is 14.0. The molecule has 3 rings (SSSR count). The summed E-state index contributed by atoms with van der Waals surface area (Å²) in [5, 5.41) is 4.30. The predicted octanol–water partition coefficient (Wildman–Crippen LogP) is 2.91. The lowest BCUT2D eigenvalue weighted by molar-refractivity contribution is 0.355. The van der Waals surface area contributed by atoms with E-state index in [1.807, 2.05) is 30.3 Å². The fourth-order valence-electron chi connectivity index (χ4n) is 2.57. The molecular formula is C18H19N3O4S. The van der Waals surface area contributed by atoms with Crippen molar-refractivity contribution < 1.29 is 17.9 Å². The van der Waals surface area contributed by atoms with Crippen LogP contribution in [0.1, 0.15) is 0 Å². The Morgan fingerprint density at radius 2 is 1.69 bits per heavy atom. The van der Waals surface area contributed by atoms with Gasteiger partial charge in [-0.1, -0.05) is 30.3 Å². The molecule has 0 aliphatic heterocycles. The van der Waals surface area contributed by atoms with Gasteiger partial charge in [0.1, 0.15) is 10.6 Å². The van der Waals surface area contributed by atoms with Gasteiger partial charge in [0.2, 0.25) is 0 Å². The number of hydrogen-bond donors (Lipinski definition) is 1. The van der Waals surface area contributed by atoms with E-state index < -0.39 is 10.0 Å². The van der Waals surface area contributed by atoms with Crippen LogP contribution in [0.3, 0.4) is 0 Å². The number of sulfonamides is 1. The standard InChI is InChI=1S/C18H19N3O4S/c1-21-12-17(18(19-21)13-7-5-4-6-8-13)26(22,23)20-14-9-10-15(24-2)16(11-14)25-3/h4-12,20H,1-3H3. The second kappa shape index (κ2) is 7.09. The van der Waals surface area contributed by atoms with Gasteiger partial charge in [0, 0.05) is 24.9 Å². The van der Waals surface area contributed by atoms with Gasteiger partial charge in [-0.05, 0) is 12.1 Å². The van der Waals surface area contributed by atoms with Gasteiger partial charge < -0.3 is 9.47 Å². The van der Waals surface area contributed by atoms with Crippen LogP contribution in [0.4, 0.5) is 5.69 Å². The largest absolute Gasteiger partial charge is 0.493 e. The monoisotopic (exact) mass is 373 g/mol. The average Bonchev–Trinajstić information content (AvgIpc) is 3.05. The number of nitrogens with one attached hydrogen (secondary N) is 1. The lowest BCUT2D eigenvalue weighted by Gasteiger charge is -2.12. The highest BCUT2D eigenvalue weighted by atomic mass is 32.2. The highest BCUT2D eigenvalue weighted by Crippen LogP contribution is 2.32. The Labute approximate surface area is 152 Å². The summed E-state index contributed by atoms with van der Waals surface area (Å²) in [5.41, 5.74) is 1.48. The molecule has 3 aromatic rings. The van der Waals surface area contributed by atoms with E-state index in [4.69, 9.17) is 9.47 Å². The third-order valence-electron chi connectivity index (χ3n) is 3.77. The molecule has 1 aromatic heterocycles. The van der Waals surface area contributed by atoms with Crippen LogP contribution in [-0.4, -0.2) is 32.4 Å². The van der Waals surface area contributed by atoms with Gasteiger partial charge in [-0.3, -0.25) is 9.40 Å². The molecule has 136 valence electrons. The van der Waals surface area contributed by atoms with Crippen molar-refractivity contribution >= 4 is 15.7 Å². The number of anilines is 1. The fraction of sp³-hybridized carbons (Fsp3) is 0.167. The Morgan fingerprint density at radius 3 is 2.35 bits per heavy atom. The normalized spacial score (nSPS) is 11.2. The zero-order chi connectivity index (χ0) is 18.7. The lowest BCUT2D eigenvalue weighted by Crippen LogP contribution is -2.13. The van der Waals surface area contributed by atoms with Crippen LogP contribution >= 0.6 is 0 Å². The van der Waals surface area contributed by atoms with Crippen molar-refractivity contribution in [1.29, 1.82) is 0 Å². The van der Waals surface area contributed by atoms with E-state index in [0.717, 1.165) is 5.56 Å². The number of benzene rings is 2. The van der Waals surface area contributed by atoms with E-state index in [1.165, 1.54) is 25.1 Å². The summed E-state index contributed by atoms with van der Waals surface area (Å²) in [7, 11) is 0.845. The second-order valence-electron chi connectivity index (χ2n) is 5.56. The van der Waals surface area contributed by atoms with Crippen LogP contribution in [-0.2, 0) is 17.1 Å². The summed E-state index contributed by atoms with van der Waals surface area (Å²) in [5.74, 6) is 0.948. The first kappa shape index (κ1) is 17.8. The molecule has 0 spiro atoms. The predicted molar refractivity (Wildman–Crippen MR) is 99.0 cm³/mol. The molecule has 0 fully saturated rings. The van der Waals surface area contributed by atoms with Crippen molar-refractivity contribution in [2.75, 3.05) is 18.9 Å². The van der Waals surface area contributed by atoms with Crippen molar-refractivity contribution in [2.24, 2.45) is 7.05 Å². The maximum atomic E-state index is 12.9. The van der Waals surface area contributed by atoms with Gasteiger partial charge in [0.05, 0.1) is 19.9 Å². The Bertz CT molecular complexity index is 1010. The molecule has 1 N–H and O–H groups in total. The molecule has 8 heteroatoms. The van der Waals surface area contributed by atoms with Gasteiger partial charge in [0.15, 0.2) is 11.5 Å². The summed E-state index contributed by atoms with van der Waals surface area (Å²) in [6.07, 6.45) is 1.48. The molecule has 26 heavy (non-hydrogen) atoms. The minimum Gasteiger partial charge on any atom is -0.493 e. The molecule has 1 heterocycles. The minimum atomic E-state index is -3.85. The van der Waals surface area contributed by atoms with E-state index in [9.17, 15) is 8.42 Å². The zero-order valence-corrected chi connectivity index (χ0v) is 15.4. The molecule has 0 saturated carbocycles. The lowest BCUT2D eigenvalue weighted by atomic mass is 10.2. The molecule has 0 aliphatic carbocycles. The van der Waals surface area contributed by atoms with Crippen LogP contribution in [0.2, 0.25) is 0 Å². The van der Waals surface area contributed by atoms with Crippen molar-refractivity contribution in [2.45, 2.75) is 4.90 Å². The third-order valence-corrected chi connectivity index (χ3v) is 5.15. The number of ether oxygens (including phenoxy) is 2. The first-order valence-corrected chi connectivity index (χ1v) is 9.27. The van der Waals surface area contributed by atoms with Crippen molar-refractivity contribution in [3.63, 3.8) is 0 Å². The Morgan fingerprint density at radius 1 is 1.00 bits per heavy atom. The highest BCUT2D eigenvalue weighted by molar-refractivity contribution is 7.92. The Hall–Kier alpha value is -3.00. The van der Waals surface area contributed by atoms with Gasteiger partial charge in [-0.15, -0.1) is 0 Å². The molecule has 0 saturated heterocycles. The van der Waals surface area contributed by atoms with Gasteiger partial charge in [-0.2, -0.15) is 5.10 Å². The molecule has 0 bridgehead atoms. The van der Waals surface area contributed by atoms with E-state index in [0.29, 0.717) is 22.9 Å². The summed E-state index contributed by atoms with van der Waals surface area (Å²) in [6.45, 7) is 0. The zero-order valence-electron chi connectivity index (χ0n) is 14.6. The maximum Gasteiger partial charge on any atom is 0.265 e. The third kappa shape index (κ3) is 3.50. The average molecular weight is 373 g/mol. The number of aryl methyl sites for hydroxylation is 1. The highest BCUT2D eigenvalue weighted by Gasteiger charge is 2.23. The first-order valence-electron chi connectivity index (χ1n) is 7.78. The van der Waals surface area contributed by atoms with Crippen LogP contribution in [0.5, 0.6) is 11.5 Å². The molecular weight excluding hydrogens is 354 g/mol. The van der Waals surface area contributed by atoms with Crippen molar-refractivity contribution in [3.8, 4) is 22.8 Å². The van der Waals surface area contributed by atoms with Crippen LogP contribution in [0.25, 0.3) is 11.3 Å². The van der Waals surface area contributed by atoms with E-state index in [1.54, 1.807) is 25.2 Å². The van der Waals surface area contributed by atoms with Gasteiger partial charge in [0.25, 0.3) is 10.0 Å². The molecule has 0 radical (unpaired) electrons. The molecule has 0 unspecified atom stereocenters. The van der Waals surface area contributed by atoms with E-state index in [2.05, 4.69) is 9.82 Å². The number of aromatic nitrogens is 2. The van der Waals surface area contributed by atoms with Crippen molar-refractivity contribution in [1.82, 2.24) is 9.78 Å². The minimum absolute atomic E-state index is 0.0981. The number of nitrogens with zero attached hydrogens (tertiary/aromatic N) is 2. The SMILES string of the molecule is COc1ccc(NS(=O)(=O)c2cn(C)nc2-c2ccccc2)cc1OC. The number of rotatable bonds is 6. The molecule has 0 aliphatic rings. The quantitative estimate of drug-likeness (QED) is 0.718. The summed E-state index contributed by atoms with van der Waals surface area (Å²) >= 11 is 0. The smallest absolute Gasteiger partial charge is 0.265 e. The van der Waals surface area contributed by atoms with Crippen molar-refractivity contribution in [3.05, 3.63) is 54.7 Å². The number of methoxy groups -OCH3 is 2. The van der Waals surface area contributed by atoms with Crippen LogP contribution in [0.15, 0.2) is 59.6 Å². The molecule has 0 amide bonds. The summed E-state index contributed by atoms with van der Waals surface area (Å²) < 4.78 is 40.3. The van der Waals surface area contributed by atoms with Crippen LogP contribution in [0, 0.1) is 0 Å². The molecule has 0 atom stereocenters. The fourth-order valence-corrected chi connectivity index (χ4v) is 3.82. The first-order chi connectivity index (χ1) is 12.4. The second-order valence-corrected chi connectivity index (χ2v) is 7.21. The Kier molecular flexibility index (Phi) is 4.85. The van der Waals surface area contributed by atoms with Crippen LogP contribution < -0.4 is 14.2 Å². The maximum absolute atomic E-state index is 12.9. The summed E-state index contributed by atoms with van der Waals surface area (Å²) in [4.78, 5) is 0.0981. The van der Waals surface area contributed by atoms with Gasteiger partial charge in [-0.25, -0.2) is 8.42 Å². The Balaban J connectivity index is 2.00. The molecule has 2 aromatic carbocycles. The molecule has 7 nitrogen and oxygen atoms in total.